The molecular formula is C23H22F2N4O4. The first kappa shape index (κ1) is 23.6. The van der Waals surface area contributed by atoms with E-state index in [2.05, 4.69) is 15.6 Å². The van der Waals surface area contributed by atoms with E-state index < -0.39 is 35.5 Å². The largest absolute Gasteiger partial charge is 0.478 e. The van der Waals surface area contributed by atoms with Gasteiger partial charge in [-0.05, 0) is 48.4 Å². The maximum absolute atomic E-state index is 13.3. The van der Waals surface area contributed by atoms with E-state index >= 15 is 0 Å². The van der Waals surface area contributed by atoms with Crippen molar-refractivity contribution in [2.75, 3.05) is 5.32 Å². The highest BCUT2D eigenvalue weighted by atomic mass is 19.1. The lowest BCUT2D eigenvalue weighted by Gasteiger charge is -2.17. The van der Waals surface area contributed by atoms with Gasteiger partial charge in [0, 0.05) is 11.8 Å². The second kappa shape index (κ2) is 10.5. The Hall–Kier alpha value is -4.08. The molecule has 172 valence electrons. The summed E-state index contributed by atoms with van der Waals surface area (Å²) in [7, 11) is 0. The first-order chi connectivity index (χ1) is 15.7. The molecule has 10 heteroatoms. The Morgan fingerprint density at radius 2 is 1.76 bits per heavy atom. The summed E-state index contributed by atoms with van der Waals surface area (Å²) in [4.78, 5) is 40.1. The number of aromatic nitrogens is 2. The summed E-state index contributed by atoms with van der Waals surface area (Å²) in [6, 6.07) is 8.09. The number of aromatic carboxylic acids is 1. The van der Waals surface area contributed by atoms with E-state index in [1.54, 1.807) is 22.9 Å². The number of rotatable bonds is 9. The van der Waals surface area contributed by atoms with E-state index in [1.165, 1.54) is 18.5 Å². The average Bonchev–Trinajstić information content (AvgIpc) is 3.21. The smallest absolute Gasteiger partial charge is 0.335 e. The Balaban J connectivity index is 1.64. The van der Waals surface area contributed by atoms with Crippen LogP contribution in [0.15, 0.2) is 55.0 Å². The lowest BCUT2D eigenvalue weighted by atomic mass is 10.1. The van der Waals surface area contributed by atoms with Crippen LogP contribution in [0.25, 0.3) is 5.69 Å². The molecule has 0 bridgehead atoms. The van der Waals surface area contributed by atoms with Crippen molar-refractivity contribution in [2.24, 2.45) is 0 Å². The van der Waals surface area contributed by atoms with Crippen molar-refractivity contribution in [1.82, 2.24) is 14.9 Å². The molecule has 0 aliphatic rings. The third-order valence-corrected chi connectivity index (χ3v) is 4.76. The number of halogens is 2. The van der Waals surface area contributed by atoms with Gasteiger partial charge in [-0.15, -0.1) is 0 Å². The molecule has 2 aromatic carbocycles. The average molecular weight is 456 g/mol. The molecule has 3 rings (SSSR count). The highest BCUT2D eigenvalue weighted by molar-refractivity contribution is 5.96. The molecule has 3 aromatic rings. The molecule has 33 heavy (non-hydrogen) atoms. The summed E-state index contributed by atoms with van der Waals surface area (Å²) in [6.07, 6.45) is 3.69. The summed E-state index contributed by atoms with van der Waals surface area (Å²) in [5.41, 5.74) is 0.952. The number of nitrogens with one attached hydrogen (secondary N) is 2. The molecular weight excluding hydrogens is 434 g/mol. The molecule has 3 N–H and O–H groups in total. The molecule has 1 heterocycles. The van der Waals surface area contributed by atoms with Gasteiger partial charge in [-0.1, -0.05) is 13.3 Å². The summed E-state index contributed by atoms with van der Waals surface area (Å²) < 4.78 is 28.3. The molecule has 0 aliphatic carbocycles. The molecule has 8 nitrogen and oxygen atoms in total. The number of carbonyl (C=O) groups excluding carboxylic acids is 2. The maximum Gasteiger partial charge on any atom is 0.335 e. The van der Waals surface area contributed by atoms with Gasteiger partial charge in [-0.25, -0.2) is 18.6 Å². The number of amides is 2. The van der Waals surface area contributed by atoms with Gasteiger partial charge in [0.15, 0.2) is 5.82 Å². The SMILES string of the molecule is CCCC(NC(=O)Cc1cc(F)cc(F)c1)C(=O)Nc1cn(-c2ccc(C(=O)O)cc2)cn1. The lowest BCUT2D eigenvalue weighted by molar-refractivity contribution is -0.126. The van der Waals surface area contributed by atoms with Crippen molar-refractivity contribution in [3.63, 3.8) is 0 Å². The number of carboxylic acid groups (broad SMARTS) is 1. The minimum absolute atomic E-state index is 0.145. The van der Waals surface area contributed by atoms with Crippen LogP contribution in [0.2, 0.25) is 0 Å². The van der Waals surface area contributed by atoms with Crippen LogP contribution in [0.3, 0.4) is 0 Å². The van der Waals surface area contributed by atoms with Crippen LogP contribution < -0.4 is 10.6 Å². The van der Waals surface area contributed by atoms with Gasteiger partial charge in [-0.3, -0.25) is 9.59 Å². The molecule has 0 radical (unpaired) electrons. The quantitative estimate of drug-likeness (QED) is 0.457. The van der Waals surface area contributed by atoms with Crippen molar-refractivity contribution >= 4 is 23.6 Å². The van der Waals surface area contributed by atoms with E-state index in [9.17, 15) is 23.2 Å². The van der Waals surface area contributed by atoms with Gasteiger partial charge in [-0.2, -0.15) is 0 Å². The van der Waals surface area contributed by atoms with Gasteiger partial charge in [0.25, 0.3) is 0 Å². The summed E-state index contributed by atoms with van der Waals surface area (Å²) in [6.45, 7) is 1.85. The van der Waals surface area contributed by atoms with Gasteiger partial charge in [0.2, 0.25) is 11.8 Å². The maximum atomic E-state index is 13.3. The number of carbonyl (C=O) groups is 3. The second-order valence-electron chi connectivity index (χ2n) is 7.37. The molecule has 1 aromatic heterocycles. The fourth-order valence-corrected chi connectivity index (χ4v) is 3.22. The molecule has 0 fully saturated rings. The van der Waals surface area contributed by atoms with Crippen LogP contribution in [0.1, 0.15) is 35.7 Å². The Morgan fingerprint density at radius 3 is 2.36 bits per heavy atom. The Bertz CT molecular complexity index is 1140. The molecule has 1 atom stereocenters. The van der Waals surface area contributed by atoms with E-state index in [1.807, 2.05) is 6.92 Å². The fourth-order valence-electron chi connectivity index (χ4n) is 3.22. The zero-order chi connectivity index (χ0) is 24.0. The van der Waals surface area contributed by atoms with Crippen LogP contribution in [0.4, 0.5) is 14.6 Å². The number of anilines is 1. The predicted octanol–water partition coefficient (Wildman–Crippen LogP) is 3.31. The van der Waals surface area contributed by atoms with Crippen LogP contribution >= 0.6 is 0 Å². The number of nitrogens with zero attached hydrogens (tertiary/aromatic N) is 2. The molecule has 0 aliphatic heterocycles. The fraction of sp³-hybridized carbons (Fsp3) is 0.217. The van der Waals surface area contributed by atoms with E-state index in [4.69, 9.17) is 5.11 Å². The summed E-state index contributed by atoms with van der Waals surface area (Å²) in [5.74, 6) is -3.39. The first-order valence-electron chi connectivity index (χ1n) is 10.2. The molecule has 0 saturated heterocycles. The van der Waals surface area contributed by atoms with Gasteiger partial charge < -0.3 is 20.3 Å². The number of benzene rings is 2. The third kappa shape index (κ3) is 6.45. The van der Waals surface area contributed by atoms with Crippen molar-refractivity contribution in [2.45, 2.75) is 32.2 Å². The lowest BCUT2D eigenvalue weighted by Crippen LogP contribution is -2.44. The van der Waals surface area contributed by atoms with Crippen molar-refractivity contribution in [1.29, 1.82) is 0 Å². The summed E-state index contributed by atoms with van der Waals surface area (Å²) in [5, 5.41) is 14.2. The Kier molecular flexibility index (Phi) is 7.50. The zero-order valence-electron chi connectivity index (χ0n) is 17.7. The van der Waals surface area contributed by atoms with E-state index in [0.717, 1.165) is 12.1 Å². The Morgan fingerprint density at radius 1 is 1.09 bits per heavy atom. The number of hydrogen-bond donors (Lipinski definition) is 3. The predicted molar refractivity (Wildman–Crippen MR) is 116 cm³/mol. The molecule has 0 saturated carbocycles. The highest BCUT2D eigenvalue weighted by Crippen LogP contribution is 2.14. The van der Waals surface area contributed by atoms with Crippen molar-refractivity contribution < 1.29 is 28.3 Å². The molecule has 1 unspecified atom stereocenters. The summed E-state index contributed by atoms with van der Waals surface area (Å²) >= 11 is 0. The number of hydrogen-bond acceptors (Lipinski definition) is 4. The van der Waals surface area contributed by atoms with Crippen LogP contribution in [0.5, 0.6) is 0 Å². The van der Waals surface area contributed by atoms with Gasteiger partial charge in [0.05, 0.1) is 18.2 Å². The topological polar surface area (TPSA) is 113 Å². The van der Waals surface area contributed by atoms with Crippen LogP contribution in [0, 0.1) is 11.6 Å². The van der Waals surface area contributed by atoms with Crippen molar-refractivity contribution in [3.05, 3.63) is 77.8 Å². The monoisotopic (exact) mass is 456 g/mol. The normalized spacial score (nSPS) is 11.6. The molecule has 2 amide bonds. The highest BCUT2D eigenvalue weighted by Gasteiger charge is 2.21. The van der Waals surface area contributed by atoms with E-state index in [-0.39, 0.29) is 23.4 Å². The van der Waals surface area contributed by atoms with E-state index in [0.29, 0.717) is 24.6 Å². The van der Waals surface area contributed by atoms with Crippen LogP contribution in [-0.2, 0) is 16.0 Å². The van der Waals surface area contributed by atoms with Crippen molar-refractivity contribution in [3.8, 4) is 5.69 Å². The zero-order valence-corrected chi connectivity index (χ0v) is 17.7. The second-order valence-corrected chi connectivity index (χ2v) is 7.37. The number of imidazole rings is 1. The van der Waals surface area contributed by atoms with Gasteiger partial charge in [0.1, 0.15) is 24.0 Å². The molecule has 0 spiro atoms. The Labute approximate surface area is 188 Å². The minimum atomic E-state index is -1.04. The standard InChI is InChI=1S/C23H22F2N4O4/c1-2-3-19(27-21(30)10-14-8-16(24)11-17(25)9-14)22(31)28-20-12-29(13-26-20)18-6-4-15(5-7-18)23(32)33/h4-9,11-13,19H,2-3,10H2,1H3,(H,27,30)(H,28,31)(H,32,33). The number of carboxylic acids is 1. The van der Waals surface area contributed by atoms with Crippen LogP contribution in [-0.4, -0.2) is 38.5 Å². The van der Waals surface area contributed by atoms with Gasteiger partial charge >= 0.3 is 5.97 Å². The minimum Gasteiger partial charge on any atom is -0.478 e. The third-order valence-electron chi connectivity index (χ3n) is 4.76. The first-order valence-corrected chi connectivity index (χ1v) is 10.2.